The highest BCUT2D eigenvalue weighted by Gasteiger charge is 2.22. The summed E-state index contributed by atoms with van der Waals surface area (Å²) < 4.78 is 11.1. The molecule has 6 rings (SSSR count). The number of carbonyl (C=O) groups excluding carboxylic acids is 1. The van der Waals surface area contributed by atoms with E-state index in [-0.39, 0.29) is 5.91 Å². The lowest BCUT2D eigenvalue weighted by atomic mass is 10.0. The second-order valence-electron chi connectivity index (χ2n) is 11.1. The Morgan fingerprint density at radius 2 is 1.55 bits per heavy atom. The van der Waals surface area contributed by atoms with Gasteiger partial charge in [-0.3, -0.25) is 9.69 Å². The first kappa shape index (κ1) is 29.7. The van der Waals surface area contributed by atoms with E-state index in [1.807, 2.05) is 35.2 Å². The molecule has 8 heteroatoms. The first-order valence-electron chi connectivity index (χ1n) is 15.3. The highest BCUT2D eigenvalue weighted by molar-refractivity contribution is 7.13. The topological polar surface area (TPSA) is 60.9 Å². The van der Waals surface area contributed by atoms with E-state index in [1.54, 1.807) is 7.11 Å². The number of amides is 1. The van der Waals surface area contributed by atoms with Crippen LogP contribution in [0.1, 0.15) is 12.0 Å². The molecule has 1 saturated heterocycles. The number of rotatable bonds is 12. The number of anilines is 2. The molecule has 0 spiro atoms. The fraction of sp³-hybridized carbons (Fsp3) is 0.278. The molecule has 4 aromatic carbocycles. The Balaban J connectivity index is 1.08. The third kappa shape index (κ3) is 7.38. The van der Waals surface area contributed by atoms with Crippen molar-refractivity contribution in [2.45, 2.75) is 13.0 Å². The predicted molar refractivity (Wildman–Crippen MR) is 182 cm³/mol. The van der Waals surface area contributed by atoms with Crippen molar-refractivity contribution in [1.29, 1.82) is 0 Å². The van der Waals surface area contributed by atoms with E-state index < -0.39 is 0 Å². The van der Waals surface area contributed by atoms with Crippen molar-refractivity contribution in [3.05, 3.63) is 109 Å². The number of carbonyl (C=O) groups is 1. The quantitative estimate of drug-likeness (QED) is 0.161. The molecule has 1 amide bonds. The number of benzene rings is 4. The van der Waals surface area contributed by atoms with Gasteiger partial charge in [-0.2, -0.15) is 4.37 Å². The van der Waals surface area contributed by atoms with Crippen LogP contribution in [0.3, 0.4) is 0 Å². The highest BCUT2D eigenvalue weighted by Crippen LogP contribution is 2.26. The lowest BCUT2D eigenvalue weighted by Gasteiger charge is -2.36. The van der Waals surface area contributed by atoms with Crippen LogP contribution in [-0.4, -0.2) is 73.0 Å². The first-order valence-corrected chi connectivity index (χ1v) is 16.1. The van der Waals surface area contributed by atoms with E-state index in [4.69, 9.17) is 4.74 Å². The molecule has 0 saturated carbocycles. The number of nitrogens with zero attached hydrogens (tertiary/aromatic N) is 4. The molecule has 5 aromatic rings. The Kier molecular flexibility index (Phi) is 9.70. The molecular formula is C36H39N5O2S. The standard InChI is InChI=1S/C36H39N5O2S/c1-43-32-18-16-30(17-19-32)29-14-12-28(13-15-29)26-41(21-7-20-37-36-33-10-5-6-11-34(33)44-38-36)35(42)27-39-22-24-40(25-23-39)31-8-3-2-4-9-31/h2-6,8-19H,7,20-27H2,1H3,(H,37,38). The Labute approximate surface area is 263 Å². The average molecular weight is 606 g/mol. The van der Waals surface area contributed by atoms with E-state index >= 15 is 0 Å². The van der Waals surface area contributed by atoms with Crippen molar-refractivity contribution in [3.8, 4) is 16.9 Å². The molecule has 1 aliphatic rings. The summed E-state index contributed by atoms with van der Waals surface area (Å²) in [6.45, 7) is 6.07. The van der Waals surface area contributed by atoms with Gasteiger partial charge in [0.05, 0.1) is 18.4 Å². The zero-order valence-electron chi connectivity index (χ0n) is 25.2. The van der Waals surface area contributed by atoms with Crippen LogP contribution in [-0.2, 0) is 11.3 Å². The minimum atomic E-state index is 0.177. The Hall–Kier alpha value is -4.40. The van der Waals surface area contributed by atoms with Gasteiger partial charge in [0.2, 0.25) is 5.91 Å². The third-order valence-electron chi connectivity index (χ3n) is 8.23. The monoisotopic (exact) mass is 605 g/mol. The van der Waals surface area contributed by atoms with Gasteiger partial charge in [-0.1, -0.05) is 66.7 Å². The van der Waals surface area contributed by atoms with Gasteiger partial charge in [0.1, 0.15) is 11.6 Å². The molecule has 7 nitrogen and oxygen atoms in total. The largest absolute Gasteiger partial charge is 0.497 e. The maximum atomic E-state index is 13.7. The van der Waals surface area contributed by atoms with Gasteiger partial charge in [0, 0.05) is 56.9 Å². The van der Waals surface area contributed by atoms with Crippen LogP contribution in [0.5, 0.6) is 5.75 Å². The number of methoxy groups -OCH3 is 1. The van der Waals surface area contributed by atoms with E-state index in [0.29, 0.717) is 19.6 Å². The second kappa shape index (κ2) is 14.4. The number of aromatic nitrogens is 1. The maximum Gasteiger partial charge on any atom is 0.237 e. The molecular weight excluding hydrogens is 566 g/mol. The fourth-order valence-electron chi connectivity index (χ4n) is 5.68. The van der Waals surface area contributed by atoms with Gasteiger partial charge in [-0.25, -0.2) is 0 Å². The molecule has 2 heterocycles. The SMILES string of the molecule is COc1ccc(-c2ccc(CN(CCCNc3nsc4ccccc34)C(=O)CN3CCN(c4ccccc4)CC3)cc2)cc1. The van der Waals surface area contributed by atoms with Crippen LogP contribution in [0, 0.1) is 0 Å². The van der Waals surface area contributed by atoms with E-state index in [9.17, 15) is 4.79 Å². The summed E-state index contributed by atoms with van der Waals surface area (Å²) in [7, 11) is 1.68. The maximum absolute atomic E-state index is 13.7. The number of fused-ring (bicyclic) bond motifs is 1. The second-order valence-corrected chi connectivity index (χ2v) is 12.0. The minimum Gasteiger partial charge on any atom is -0.497 e. The molecule has 0 unspecified atom stereocenters. The molecule has 44 heavy (non-hydrogen) atoms. The van der Waals surface area contributed by atoms with E-state index in [1.165, 1.54) is 21.9 Å². The lowest BCUT2D eigenvalue weighted by molar-refractivity contribution is -0.133. The summed E-state index contributed by atoms with van der Waals surface area (Å²) in [5.41, 5.74) is 4.66. The van der Waals surface area contributed by atoms with Gasteiger partial charge < -0.3 is 19.9 Å². The molecule has 0 atom stereocenters. The van der Waals surface area contributed by atoms with Crippen molar-refractivity contribution in [1.82, 2.24) is 14.2 Å². The fourth-order valence-corrected chi connectivity index (χ4v) is 6.44. The first-order chi connectivity index (χ1) is 21.7. The molecule has 226 valence electrons. The number of hydrogen-bond acceptors (Lipinski definition) is 7. The van der Waals surface area contributed by atoms with Crippen molar-refractivity contribution >= 4 is 39.0 Å². The molecule has 0 bridgehead atoms. The summed E-state index contributed by atoms with van der Waals surface area (Å²) in [6.07, 6.45) is 0.837. The molecule has 1 aliphatic heterocycles. The van der Waals surface area contributed by atoms with Crippen molar-refractivity contribution in [3.63, 3.8) is 0 Å². The summed E-state index contributed by atoms with van der Waals surface area (Å²) in [5.74, 6) is 1.95. The van der Waals surface area contributed by atoms with Gasteiger partial charge in [0.25, 0.3) is 0 Å². The normalized spacial score (nSPS) is 13.6. The van der Waals surface area contributed by atoms with Crippen molar-refractivity contribution < 1.29 is 9.53 Å². The highest BCUT2D eigenvalue weighted by atomic mass is 32.1. The molecule has 0 radical (unpaired) electrons. The number of ether oxygens (including phenoxy) is 1. The van der Waals surface area contributed by atoms with Gasteiger partial charge >= 0.3 is 0 Å². The van der Waals surface area contributed by atoms with Crippen LogP contribution in [0.2, 0.25) is 0 Å². The minimum absolute atomic E-state index is 0.177. The number of hydrogen-bond donors (Lipinski definition) is 1. The van der Waals surface area contributed by atoms with Crippen LogP contribution in [0.15, 0.2) is 103 Å². The lowest BCUT2D eigenvalue weighted by Crippen LogP contribution is -2.50. The molecule has 1 fully saturated rings. The van der Waals surface area contributed by atoms with Crippen LogP contribution in [0.25, 0.3) is 21.2 Å². The summed E-state index contributed by atoms with van der Waals surface area (Å²) in [4.78, 5) is 20.5. The Bertz CT molecular complexity index is 1630. The zero-order valence-corrected chi connectivity index (χ0v) is 26.0. The van der Waals surface area contributed by atoms with Crippen LogP contribution in [0.4, 0.5) is 11.5 Å². The number of para-hydroxylation sites is 1. The number of piperazine rings is 1. The Morgan fingerprint density at radius 3 is 2.27 bits per heavy atom. The van der Waals surface area contributed by atoms with Crippen molar-refractivity contribution in [2.24, 2.45) is 0 Å². The van der Waals surface area contributed by atoms with Crippen LogP contribution >= 0.6 is 11.5 Å². The summed E-state index contributed by atoms with van der Waals surface area (Å²) in [6, 6.07) is 35.5. The van der Waals surface area contributed by atoms with Crippen LogP contribution < -0.4 is 15.0 Å². The van der Waals surface area contributed by atoms with Crippen molar-refractivity contribution in [2.75, 3.05) is 63.1 Å². The van der Waals surface area contributed by atoms with Gasteiger partial charge in [-0.05, 0) is 71.0 Å². The van der Waals surface area contributed by atoms with Gasteiger partial charge in [-0.15, -0.1) is 0 Å². The van der Waals surface area contributed by atoms with E-state index in [2.05, 4.69) is 92.3 Å². The van der Waals surface area contributed by atoms with Gasteiger partial charge in [0.15, 0.2) is 0 Å². The third-order valence-corrected chi connectivity index (χ3v) is 9.06. The number of nitrogens with one attached hydrogen (secondary N) is 1. The molecule has 0 aliphatic carbocycles. The predicted octanol–water partition coefficient (Wildman–Crippen LogP) is 6.62. The smallest absolute Gasteiger partial charge is 0.237 e. The summed E-state index contributed by atoms with van der Waals surface area (Å²) >= 11 is 1.51. The zero-order chi connectivity index (χ0) is 30.1. The summed E-state index contributed by atoms with van der Waals surface area (Å²) in [5, 5.41) is 4.65. The molecule has 1 aromatic heterocycles. The average Bonchev–Trinajstić information content (AvgIpc) is 3.50. The van der Waals surface area contributed by atoms with E-state index in [0.717, 1.165) is 72.8 Å². The Morgan fingerprint density at radius 1 is 0.864 bits per heavy atom. The molecule has 1 N–H and O–H groups in total.